The lowest BCUT2D eigenvalue weighted by Gasteiger charge is -2.46. The van der Waals surface area contributed by atoms with Crippen LogP contribution in [0.25, 0.3) is 0 Å². The number of hydrogen-bond acceptors (Lipinski definition) is 8. The lowest BCUT2D eigenvalue weighted by molar-refractivity contribution is -0.0243. The summed E-state index contributed by atoms with van der Waals surface area (Å²) in [6, 6.07) is 13.4. The van der Waals surface area contributed by atoms with E-state index in [2.05, 4.69) is 33.0 Å². The Kier molecular flexibility index (Phi) is 8.87. The summed E-state index contributed by atoms with van der Waals surface area (Å²) < 4.78 is 47.1. The van der Waals surface area contributed by atoms with Crippen LogP contribution in [0.2, 0.25) is 5.02 Å². The smallest absolute Gasteiger partial charge is 0.264 e. The summed E-state index contributed by atoms with van der Waals surface area (Å²) in [5.74, 6) is 1.41. The van der Waals surface area contributed by atoms with E-state index in [1.54, 1.807) is 19.1 Å². The fraction of sp³-hybridized carbons (Fsp3) is 0.500. The van der Waals surface area contributed by atoms with E-state index in [0.717, 1.165) is 60.8 Å². The predicted molar refractivity (Wildman–Crippen MR) is 180 cm³/mol. The molecule has 2 aliphatic carbocycles. The van der Waals surface area contributed by atoms with Crippen molar-refractivity contribution in [1.82, 2.24) is 9.88 Å². The van der Waals surface area contributed by atoms with Crippen LogP contribution < -0.4 is 14.4 Å². The Bertz CT molecular complexity index is 1790. The topological polar surface area (TPSA) is 111 Å². The van der Waals surface area contributed by atoms with Crippen LogP contribution in [-0.2, 0) is 33.2 Å². The number of amides is 1. The lowest BCUT2D eigenvalue weighted by Crippen LogP contribution is -2.49. The van der Waals surface area contributed by atoms with Crippen molar-refractivity contribution >= 4 is 33.2 Å². The van der Waals surface area contributed by atoms with E-state index in [1.165, 1.54) is 11.1 Å². The second kappa shape index (κ2) is 12.9. The van der Waals surface area contributed by atoms with E-state index in [4.69, 9.17) is 25.6 Å². The number of aromatic nitrogens is 1. The summed E-state index contributed by atoms with van der Waals surface area (Å²) in [4.78, 5) is 15.8. The summed E-state index contributed by atoms with van der Waals surface area (Å²) in [5, 5.41) is 4.11. The number of benzene rings is 2. The number of halogens is 1. The molecule has 47 heavy (non-hydrogen) atoms. The summed E-state index contributed by atoms with van der Waals surface area (Å²) in [6.45, 7) is 5.79. The minimum Gasteiger partial charge on any atom is -0.490 e. The van der Waals surface area contributed by atoms with Gasteiger partial charge < -0.3 is 18.9 Å². The number of nitrogens with one attached hydrogen (secondary N) is 1. The molecule has 1 saturated carbocycles. The maximum Gasteiger partial charge on any atom is 0.264 e. The number of ether oxygens (including phenoxy) is 2. The fourth-order valence-electron chi connectivity index (χ4n) is 7.79. The van der Waals surface area contributed by atoms with E-state index >= 15 is 0 Å². The van der Waals surface area contributed by atoms with Gasteiger partial charge in [0.15, 0.2) is 0 Å². The highest BCUT2D eigenvalue weighted by molar-refractivity contribution is 7.90. The summed E-state index contributed by atoms with van der Waals surface area (Å²) in [7, 11) is -3.89. The maximum absolute atomic E-state index is 13.4. The van der Waals surface area contributed by atoms with Gasteiger partial charge in [-0.2, -0.15) is 0 Å². The second-order valence-electron chi connectivity index (χ2n) is 13.8. The molecule has 2 aliphatic heterocycles. The lowest BCUT2D eigenvalue weighted by atomic mass is 9.68. The van der Waals surface area contributed by atoms with Crippen molar-refractivity contribution in [2.24, 2.45) is 11.8 Å². The molecule has 2 aromatic carbocycles. The summed E-state index contributed by atoms with van der Waals surface area (Å²) in [6.07, 6.45) is 9.93. The van der Waals surface area contributed by atoms with Crippen molar-refractivity contribution in [1.29, 1.82) is 0 Å². The zero-order valence-corrected chi connectivity index (χ0v) is 28.5. The quantitative estimate of drug-likeness (QED) is 0.312. The van der Waals surface area contributed by atoms with Gasteiger partial charge in [0.05, 0.1) is 30.3 Å². The Labute approximate surface area is 281 Å². The molecule has 3 heterocycles. The van der Waals surface area contributed by atoms with E-state index in [0.29, 0.717) is 49.8 Å². The van der Waals surface area contributed by atoms with E-state index < -0.39 is 21.2 Å². The number of allylic oxidation sites excluding steroid dienone is 1. The van der Waals surface area contributed by atoms with Crippen molar-refractivity contribution < 1.29 is 27.2 Å². The van der Waals surface area contributed by atoms with Crippen LogP contribution in [-0.4, -0.2) is 50.5 Å². The Morgan fingerprint density at radius 2 is 2.02 bits per heavy atom. The SMILES string of the molecule is Cc1cc(CO[C@H]2/C=C\CC[C@@H](C)S(=O)(=O)NC(=O)c3ccc4c(c3)N(C[C@@H]3CC[C@H]32)C[C@@]2(CCCc3cc(Cl)ccc32)CO4)no1. The number of anilines is 1. The molecule has 5 atom stereocenters. The van der Waals surface area contributed by atoms with Crippen LogP contribution in [0.3, 0.4) is 0 Å². The van der Waals surface area contributed by atoms with Gasteiger partial charge >= 0.3 is 0 Å². The number of rotatable bonds is 3. The molecule has 0 unspecified atom stereocenters. The number of carbonyl (C=O) groups is 1. The first-order chi connectivity index (χ1) is 22.6. The number of aryl methyl sites for hydroxylation is 2. The number of nitrogens with zero attached hydrogens (tertiary/aromatic N) is 2. The molecule has 1 N–H and O–H groups in total. The zero-order chi connectivity index (χ0) is 32.8. The first kappa shape index (κ1) is 32.2. The Hall–Kier alpha value is -3.34. The molecule has 1 fully saturated rings. The van der Waals surface area contributed by atoms with Gasteiger partial charge in [0.1, 0.15) is 17.2 Å². The van der Waals surface area contributed by atoms with Gasteiger partial charge in [0, 0.05) is 35.2 Å². The van der Waals surface area contributed by atoms with Crippen molar-refractivity contribution in [2.45, 2.75) is 82.2 Å². The highest BCUT2D eigenvalue weighted by Gasteiger charge is 2.44. The molecule has 4 aliphatic rings. The predicted octanol–water partition coefficient (Wildman–Crippen LogP) is 6.52. The van der Waals surface area contributed by atoms with Crippen LogP contribution in [0.15, 0.2) is 59.1 Å². The fourth-order valence-corrected chi connectivity index (χ4v) is 9.01. The monoisotopic (exact) mass is 679 g/mol. The molecule has 1 amide bonds. The third-order valence-corrected chi connectivity index (χ3v) is 12.6. The van der Waals surface area contributed by atoms with Gasteiger partial charge in [-0.05, 0) is 112 Å². The van der Waals surface area contributed by atoms with Crippen LogP contribution >= 0.6 is 11.6 Å². The molecule has 250 valence electrons. The molecular formula is C36H42ClN3O6S. The van der Waals surface area contributed by atoms with Gasteiger partial charge in [0.2, 0.25) is 10.0 Å². The van der Waals surface area contributed by atoms with Gasteiger partial charge in [-0.1, -0.05) is 35.0 Å². The van der Waals surface area contributed by atoms with Crippen molar-refractivity contribution in [3.63, 3.8) is 0 Å². The Balaban J connectivity index is 1.26. The molecule has 0 saturated heterocycles. The summed E-state index contributed by atoms with van der Waals surface area (Å²) in [5.41, 5.74) is 4.11. The summed E-state index contributed by atoms with van der Waals surface area (Å²) >= 11 is 6.44. The van der Waals surface area contributed by atoms with E-state index in [1.807, 2.05) is 31.2 Å². The minimum atomic E-state index is -3.89. The Morgan fingerprint density at radius 3 is 2.81 bits per heavy atom. The first-order valence-corrected chi connectivity index (χ1v) is 18.6. The van der Waals surface area contributed by atoms with Crippen molar-refractivity contribution in [3.05, 3.63) is 87.8 Å². The largest absolute Gasteiger partial charge is 0.490 e. The highest BCUT2D eigenvalue weighted by Crippen LogP contribution is 2.47. The number of sulfonamides is 1. The molecule has 0 radical (unpaired) electrons. The van der Waals surface area contributed by atoms with E-state index in [9.17, 15) is 13.2 Å². The molecule has 1 spiro atoms. The third kappa shape index (κ3) is 6.56. The molecule has 7 rings (SSSR count). The molecule has 3 aromatic rings. The average Bonchev–Trinajstić information content (AvgIpc) is 3.39. The van der Waals surface area contributed by atoms with Gasteiger partial charge in [-0.15, -0.1) is 0 Å². The van der Waals surface area contributed by atoms with Gasteiger partial charge in [-0.3, -0.25) is 4.79 Å². The van der Waals surface area contributed by atoms with Gasteiger partial charge in [0.25, 0.3) is 5.91 Å². The normalized spacial score (nSPS) is 29.4. The zero-order valence-electron chi connectivity index (χ0n) is 26.9. The molecule has 2 bridgehead atoms. The highest BCUT2D eigenvalue weighted by atomic mass is 35.5. The van der Waals surface area contributed by atoms with Crippen LogP contribution in [0.1, 0.15) is 78.4 Å². The number of fused-ring (bicyclic) bond motifs is 4. The maximum atomic E-state index is 13.4. The Morgan fingerprint density at radius 1 is 1.15 bits per heavy atom. The molecule has 11 heteroatoms. The molecule has 9 nitrogen and oxygen atoms in total. The first-order valence-electron chi connectivity index (χ1n) is 16.7. The third-order valence-electron chi connectivity index (χ3n) is 10.6. The van der Waals surface area contributed by atoms with Gasteiger partial charge in [-0.25, -0.2) is 13.1 Å². The average molecular weight is 680 g/mol. The van der Waals surface area contributed by atoms with Crippen LogP contribution in [0.5, 0.6) is 5.75 Å². The number of carbonyl (C=O) groups excluding carboxylic acids is 1. The van der Waals surface area contributed by atoms with Crippen molar-refractivity contribution in [3.8, 4) is 5.75 Å². The van der Waals surface area contributed by atoms with Crippen molar-refractivity contribution in [2.75, 3.05) is 24.6 Å². The van der Waals surface area contributed by atoms with Crippen LogP contribution in [0.4, 0.5) is 5.69 Å². The number of hydrogen-bond donors (Lipinski definition) is 1. The molecule has 1 aromatic heterocycles. The second-order valence-corrected chi connectivity index (χ2v) is 16.3. The van der Waals surface area contributed by atoms with E-state index in [-0.39, 0.29) is 17.4 Å². The molecular weight excluding hydrogens is 638 g/mol. The standard InChI is InChI=1S/C36H42ClN3O6S/c1-23-16-29(38-46-23)20-44-33-8-4-3-6-24(2)47(42,43)39-35(41)26-10-14-34-32(18-26)40(19-27-9-12-30(27)33)21-36(22-45-34)15-5-7-25-17-28(37)11-13-31(25)36/h4,8,10-11,13-14,16-18,24,27,30,33H,3,5-7,9,12,15,19-22H2,1-2H3,(H,39,41)/b8-4-/t24-,27+,30-,33+,36+/m1/s1. The minimum absolute atomic E-state index is 0.161. The van der Waals surface area contributed by atoms with Crippen LogP contribution in [0, 0.1) is 18.8 Å².